The molecule has 0 bridgehead atoms. The van der Waals surface area contributed by atoms with Gasteiger partial charge in [0, 0.05) is 12.1 Å². The molecule has 3 heteroatoms. The van der Waals surface area contributed by atoms with Gasteiger partial charge in [0.05, 0.1) is 12.2 Å². The zero-order chi connectivity index (χ0) is 10.7. The molecule has 3 nitrogen and oxygen atoms in total. The van der Waals surface area contributed by atoms with Crippen LogP contribution in [0.15, 0.2) is 10.6 Å². The third-order valence-corrected chi connectivity index (χ3v) is 3.18. The smallest absolute Gasteiger partial charge is 0.150 e. The van der Waals surface area contributed by atoms with Crippen LogP contribution in [0.25, 0.3) is 0 Å². The predicted octanol–water partition coefficient (Wildman–Crippen LogP) is 2.65. The van der Waals surface area contributed by atoms with Gasteiger partial charge in [-0.05, 0) is 25.7 Å². The van der Waals surface area contributed by atoms with Gasteiger partial charge >= 0.3 is 0 Å². The molecule has 0 saturated heterocycles. The van der Waals surface area contributed by atoms with E-state index in [-0.39, 0.29) is 0 Å². The van der Waals surface area contributed by atoms with Gasteiger partial charge in [0.2, 0.25) is 0 Å². The fourth-order valence-corrected chi connectivity index (χ4v) is 2.36. The lowest BCUT2D eigenvalue weighted by molar-refractivity contribution is 0.286. The van der Waals surface area contributed by atoms with Crippen molar-refractivity contribution < 1.29 is 4.52 Å². The minimum atomic E-state index is 0.666. The van der Waals surface area contributed by atoms with Gasteiger partial charge < -0.3 is 9.84 Å². The van der Waals surface area contributed by atoms with E-state index in [1.807, 2.05) is 13.0 Å². The summed E-state index contributed by atoms with van der Waals surface area (Å²) in [7, 11) is 0. The molecule has 0 aromatic carbocycles. The summed E-state index contributed by atoms with van der Waals surface area (Å²) in [5.41, 5.74) is 0.962. The van der Waals surface area contributed by atoms with E-state index in [2.05, 4.69) is 17.4 Å². The summed E-state index contributed by atoms with van der Waals surface area (Å²) < 4.78 is 5.17. The fourth-order valence-electron chi connectivity index (χ4n) is 2.36. The number of aryl methyl sites for hydroxylation is 1. The van der Waals surface area contributed by atoms with Gasteiger partial charge in [-0.15, -0.1) is 0 Å². The van der Waals surface area contributed by atoms with Crippen LogP contribution in [0.1, 0.15) is 44.1 Å². The SMILES string of the molecule is Cc1cc(CNC2CCCC(C)C2)on1. The van der Waals surface area contributed by atoms with E-state index in [0.29, 0.717) is 6.04 Å². The van der Waals surface area contributed by atoms with Gasteiger partial charge in [-0.3, -0.25) is 0 Å². The Morgan fingerprint density at radius 2 is 2.40 bits per heavy atom. The van der Waals surface area contributed by atoms with Gasteiger partial charge in [0.1, 0.15) is 0 Å². The summed E-state index contributed by atoms with van der Waals surface area (Å²) in [5, 5.41) is 7.43. The Kier molecular flexibility index (Phi) is 3.41. The molecule has 2 atom stereocenters. The van der Waals surface area contributed by atoms with Crippen molar-refractivity contribution in [1.82, 2.24) is 10.5 Å². The summed E-state index contributed by atoms with van der Waals surface area (Å²) in [5.74, 6) is 1.82. The van der Waals surface area contributed by atoms with Crippen molar-refractivity contribution in [2.24, 2.45) is 5.92 Å². The summed E-state index contributed by atoms with van der Waals surface area (Å²) in [6.07, 6.45) is 5.35. The van der Waals surface area contributed by atoms with Crippen LogP contribution in [0.3, 0.4) is 0 Å². The average molecular weight is 208 g/mol. The molecule has 1 aromatic rings. The Labute approximate surface area is 91.2 Å². The van der Waals surface area contributed by atoms with Crippen molar-refractivity contribution >= 4 is 0 Å². The van der Waals surface area contributed by atoms with E-state index in [1.54, 1.807) is 0 Å². The lowest BCUT2D eigenvalue weighted by Crippen LogP contribution is -2.32. The molecule has 2 unspecified atom stereocenters. The predicted molar refractivity (Wildman–Crippen MR) is 59.5 cm³/mol. The van der Waals surface area contributed by atoms with Crippen molar-refractivity contribution in [3.05, 3.63) is 17.5 Å². The van der Waals surface area contributed by atoms with E-state index in [0.717, 1.165) is 23.9 Å². The largest absolute Gasteiger partial charge is 0.360 e. The second-order valence-electron chi connectivity index (χ2n) is 4.78. The maximum atomic E-state index is 5.17. The molecule has 0 radical (unpaired) electrons. The number of rotatable bonds is 3. The van der Waals surface area contributed by atoms with E-state index < -0.39 is 0 Å². The van der Waals surface area contributed by atoms with Crippen LogP contribution in [0.2, 0.25) is 0 Å². The first-order valence-corrected chi connectivity index (χ1v) is 5.89. The Balaban J connectivity index is 1.77. The molecular formula is C12H20N2O. The molecule has 2 rings (SSSR count). The van der Waals surface area contributed by atoms with Crippen molar-refractivity contribution in [3.8, 4) is 0 Å². The van der Waals surface area contributed by atoms with Crippen LogP contribution >= 0.6 is 0 Å². The first kappa shape index (κ1) is 10.7. The van der Waals surface area contributed by atoms with Crippen LogP contribution in [-0.4, -0.2) is 11.2 Å². The number of hydrogen-bond acceptors (Lipinski definition) is 3. The molecule has 1 N–H and O–H groups in total. The van der Waals surface area contributed by atoms with Crippen LogP contribution < -0.4 is 5.32 Å². The van der Waals surface area contributed by atoms with Gasteiger partial charge in [-0.2, -0.15) is 0 Å². The first-order valence-electron chi connectivity index (χ1n) is 5.89. The lowest BCUT2D eigenvalue weighted by atomic mass is 9.87. The molecule has 1 fully saturated rings. The van der Waals surface area contributed by atoms with E-state index in [1.165, 1.54) is 25.7 Å². The normalized spacial score (nSPS) is 26.8. The molecule has 0 aliphatic heterocycles. The standard InChI is InChI=1S/C12H20N2O/c1-9-4-3-5-11(6-9)13-8-12-7-10(2)14-15-12/h7,9,11,13H,3-6,8H2,1-2H3. The van der Waals surface area contributed by atoms with Crippen LogP contribution in [-0.2, 0) is 6.54 Å². The van der Waals surface area contributed by atoms with E-state index in [9.17, 15) is 0 Å². The molecule has 1 aromatic heterocycles. The Hall–Kier alpha value is -0.830. The van der Waals surface area contributed by atoms with Gasteiger partial charge in [0.25, 0.3) is 0 Å². The van der Waals surface area contributed by atoms with Crippen molar-refractivity contribution in [1.29, 1.82) is 0 Å². The monoisotopic (exact) mass is 208 g/mol. The highest BCUT2D eigenvalue weighted by molar-refractivity contribution is 5.02. The molecule has 15 heavy (non-hydrogen) atoms. The number of aromatic nitrogens is 1. The lowest BCUT2D eigenvalue weighted by Gasteiger charge is -2.27. The van der Waals surface area contributed by atoms with E-state index >= 15 is 0 Å². The molecule has 0 spiro atoms. The summed E-state index contributed by atoms with van der Waals surface area (Å²) in [6.45, 7) is 5.11. The summed E-state index contributed by atoms with van der Waals surface area (Å²) in [6, 6.07) is 2.67. The number of nitrogens with one attached hydrogen (secondary N) is 1. The molecule has 1 saturated carbocycles. The van der Waals surface area contributed by atoms with Crippen LogP contribution in [0, 0.1) is 12.8 Å². The Morgan fingerprint density at radius 1 is 1.53 bits per heavy atom. The van der Waals surface area contributed by atoms with Crippen molar-refractivity contribution in [2.75, 3.05) is 0 Å². The van der Waals surface area contributed by atoms with Crippen molar-refractivity contribution in [3.63, 3.8) is 0 Å². The molecule has 1 aliphatic rings. The first-order chi connectivity index (χ1) is 7.24. The minimum absolute atomic E-state index is 0.666. The molecule has 1 aliphatic carbocycles. The van der Waals surface area contributed by atoms with Crippen LogP contribution in [0.5, 0.6) is 0 Å². The highest BCUT2D eigenvalue weighted by Gasteiger charge is 2.18. The third kappa shape index (κ3) is 3.06. The van der Waals surface area contributed by atoms with Gasteiger partial charge in [-0.1, -0.05) is 24.9 Å². The van der Waals surface area contributed by atoms with Crippen LogP contribution in [0.4, 0.5) is 0 Å². The topological polar surface area (TPSA) is 38.1 Å². The summed E-state index contributed by atoms with van der Waals surface area (Å²) in [4.78, 5) is 0. The second-order valence-corrected chi connectivity index (χ2v) is 4.78. The van der Waals surface area contributed by atoms with Gasteiger partial charge in [0.15, 0.2) is 5.76 Å². The molecule has 0 amide bonds. The third-order valence-electron chi connectivity index (χ3n) is 3.18. The maximum Gasteiger partial charge on any atom is 0.150 e. The van der Waals surface area contributed by atoms with Gasteiger partial charge in [-0.25, -0.2) is 0 Å². The second kappa shape index (κ2) is 4.79. The van der Waals surface area contributed by atoms with E-state index in [4.69, 9.17) is 4.52 Å². The zero-order valence-corrected chi connectivity index (χ0v) is 9.62. The Morgan fingerprint density at radius 3 is 3.07 bits per heavy atom. The minimum Gasteiger partial charge on any atom is -0.360 e. The highest BCUT2D eigenvalue weighted by atomic mass is 16.5. The molecule has 84 valence electrons. The number of hydrogen-bond donors (Lipinski definition) is 1. The zero-order valence-electron chi connectivity index (χ0n) is 9.62. The Bertz CT molecular complexity index is 308. The van der Waals surface area contributed by atoms with Crippen molar-refractivity contribution in [2.45, 2.75) is 52.1 Å². The molecule has 1 heterocycles. The quantitative estimate of drug-likeness (QED) is 0.829. The average Bonchev–Trinajstić information content (AvgIpc) is 2.62. The summed E-state index contributed by atoms with van der Waals surface area (Å²) >= 11 is 0. The number of nitrogens with zero attached hydrogens (tertiary/aromatic N) is 1. The fraction of sp³-hybridized carbons (Fsp3) is 0.750. The highest BCUT2D eigenvalue weighted by Crippen LogP contribution is 2.23. The maximum absolute atomic E-state index is 5.17. The molecular weight excluding hydrogens is 188 g/mol.